The van der Waals surface area contributed by atoms with E-state index in [1.807, 2.05) is 0 Å². The molecule has 0 radical (unpaired) electrons. The van der Waals surface area contributed by atoms with Crippen LogP contribution in [0.2, 0.25) is 10.0 Å². The minimum absolute atomic E-state index is 0.00896. The van der Waals surface area contributed by atoms with E-state index in [4.69, 9.17) is 28.5 Å². The lowest BCUT2D eigenvalue weighted by molar-refractivity contribution is -0.384. The third kappa shape index (κ3) is 3.26. The summed E-state index contributed by atoms with van der Waals surface area (Å²) in [7, 11) is 0. The van der Waals surface area contributed by atoms with Crippen LogP contribution >= 0.6 is 23.2 Å². The molecule has 0 atom stereocenters. The largest absolute Gasteiger partial charge is 0.339 e. The van der Waals surface area contributed by atoms with Crippen LogP contribution in [0.25, 0.3) is 0 Å². The third-order valence-corrected chi connectivity index (χ3v) is 4.22. The van der Waals surface area contributed by atoms with Crippen LogP contribution in [-0.2, 0) is 0 Å². The van der Waals surface area contributed by atoms with Crippen molar-refractivity contribution in [2.75, 3.05) is 13.1 Å². The molecule has 0 unspecified atom stereocenters. The molecule has 0 N–H and O–H groups in total. The Bertz CT molecular complexity index is 634. The molecule has 1 aromatic carbocycles. The number of benzene rings is 1. The van der Waals surface area contributed by atoms with Gasteiger partial charge in [0.1, 0.15) is 0 Å². The molecule has 0 aromatic heterocycles. The number of piperidine rings is 1. The lowest BCUT2D eigenvalue weighted by Gasteiger charge is -2.29. The number of hydrogen-bond donors (Lipinski definition) is 0. The van der Waals surface area contributed by atoms with Gasteiger partial charge in [0.05, 0.1) is 26.6 Å². The highest BCUT2D eigenvalue weighted by Gasteiger charge is 2.27. The molecule has 1 aliphatic heterocycles. The molecule has 8 heteroatoms. The number of nitriles is 1. The molecule has 1 aliphatic rings. The van der Waals surface area contributed by atoms with Gasteiger partial charge < -0.3 is 4.90 Å². The number of nitro benzene ring substituents is 1. The van der Waals surface area contributed by atoms with Crippen LogP contribution in [0.4, 0.5) is 5.69 Å². The van der Waals surface area contributed by atoms with E-state index in [1.54, 1.807) is 0 Å². The van der Waals surface area contributed by atoms with Crippen LogP contribution in [-0.4, -0.2) is 28.8 Å². The molecule has 1 saturated heterocycles. The standard InChI is InChI=1S/C13H11Cl2N3O3/c14-11-6-9(18(20)21)5-10(12(11)15)13(19)17-3-1-8(7-16)2-4-17/h5-6,8H,1-4H2. The number of likely N-dealkylation sites (tertiary alicyclic amines) is 1. The summed E-state index contributed by atoms with van der Waals surface area (Å²) in [6.07, 6.45) is 1.17. The smallest absolute Gasteiger partial charge is 0.271 e. The van der Waals surface area contributed by atoms with Gasteiger partial charge in [-0.15, -0.1) is 0 Å². The first-order chi connectivity index (χ1) is 9.93. The Morgan fingerprint density at radius 3 is 2.52 bits per heavy atom. The number of hydrogen-bond acceptors (Lipinski definition) is 4. The van der Waals surface area contributed by atoms with Crippen molar-refractivity contribution in [3.63, 3.8) is 0 Å². The Hall–Kier alpha value is -1.84. The summed E-state index contributed by atoms with van der Waals surface area (Å²) in [4.78, 5) is 24.2. The van der Waals surface area contributed by atoms with Crippen molar-refractivity contribution in [2.24, 2.45) is 5.92 Å². The van der Waals surface area contributed by atoms with E-state index >= 15 is 0 Å². The highest BCUT2D eigenvalue weighted by Crippen LogP contribution is 2.32. The van der Waals surface area contributed by atoms with Crippen molar-refractivity contribution in [1.82, 2.24) is 4.90 Å². The van der Waals surface area contributed by atoms with Crippen molar-refractivity contribution in [2.45, 2.75) is 12.8 Å². The second-order valence-electron chi connectivity index (χ2n) is 4.74. The predicted octanol–water partition coefficient (Wildman–Crippen LogP) is 3.28. The van der Waals surface area contributed by atoms with Gasteiger partial charge in [-0.1, -0.05) is 23.2 Å². The van der Waals surface area contributed by atoms with Gasteiger partial charge in [-0.3, -0.25) is 14.9 Å². The van der Waals surface area contributed by atoms with Gasteiger partial charge in [-0.25, -0.2) is 0 Å². The Kier molecular flexibility index (Phi) is 4.66. The Balaban J connectivity index is 2.27. The topological polar surface area (TPSA) is 87.2 Å². The average Bonchev–Trinajstić information content (AvgIpc) is 2.49. The van der Waals surface area contributed by atoms with Gasteiger partial charge >= 0.3 is 0 Å². The van der Waals surface area contributed by atoms with Crippen molar-refractivity contribution in [3.05, 3.63) is 37.9 Å². The van der Waals surface area contributed by atoms with E-state index in [2.05, 4.69) is 6.07 Å². The fraction of sp³-hybridized carbons (Fsp3) is 0.385. The molecule has 1 aromatic rings. The summed E-state index contributed by atoms with van der Waals surface area (Å²) < 4.78 is 0. The Morgan fingerprint density at radius 1 is 1.38 bits per heavy atom. The van der Waals surface area contributed by atoms with Crippen molar-refractivity contribution >= 4 is 34.8 Å². The van der Waals surface area contributed by atoms with Gasteiger partial charge in [-0.05, 0) is 12.8 Å². The maximum absolute atomic E-state index is 12.4. The number of carbonyl (C=O) groups is 1. The molecule has 0 spiro atoms. The van der Waals surface area contributed by atoms with Crippen molar-refractivity contribution < 1.29 is 9.72 Å². The fourth-order valence-corrected chi connectivity index (χ4v) is 2.62. The van der Waals surface area contributed by atoms with E-state index < -0.39 is 10.8 Å². The summed E-state index contributed by atoms with van der Waals surface area (Å²) >= 11 is 11.8. The zero-order chi connectivity index (χ0) is 15.6. The predicted molar refractivity (Wildman–Crippen MR) is 77.4 cm³/mol. The quantitative estimate of drug-likeness (QED) is 0.616. The molecule has 110 valence electrons. The highest BCUT2D eigenvalue weighted by molar-refractivity contribution is 6.44. The van der Waals surface area contributed by atoms with Crippen LogP contribution in [0.1, 0.15) is 23.2 Å². The number of carbonyl (C=O) groups excluding carboxylic acids is 1. The molecular formula is C13H11Cl2N3O3. The molecule has 0 aliphatic carbocycles. The molecule has 6 nitrogen and oxygen atoms in total. The summed E-state index contributed by atoms with van der Waals surface area (Å²) in [5.41, 5.74) is -0.258. The van der Waals surface area contributed by atoms with Crippen molar-refractivity contribution in [1.29, 1.82) is 5.26 Å². The maximum Gasteiger partial charge on any atom is 0.271 e. The van der Waals surface area contributed by atoms with E-state index in [-0.39, 0.29) is 27.2 Å². The number of nitrogens with zero attached hydrogens (tertiary/aromatic N) is 3. The molecule has 2 rings (SSSR count). The minimum atomic E-state index is -0.624. The van der Waals surface area contributed by atoms with E-state index in [0.29, 0.717) is 25.9 Å². The fourth-order valence-electron chi connectivity index (χ4n) is 2.22. The zero-order valence-corrected chi connectivity index (χ0v) is 12.4. The monoisotopic (exact) mass is 327 g/mol. The van der Waals surface area contributed by atoms with Crippen molar-refractivity contribution in [3.8, 4) is 6.07 Å². The van der Waals surface area contributed by atoms with Crippen LogP contribution < -0.4 is 0 Å². The van der Waals surface area contributed by atoms with E-state index in [1.165, 1.54) is 4.90 Å². The molecule has 21 heavy (non-hydrogen) atoms. The maximum atomic E-state index is 12.4. The van der Waals surface area contributed by atoms with Gasteiger partial charge in [0.2, 0.25) is 0 Å². The second-order valence-corrected chi connectivity index (χ2v) is 5.53. The number of amides is 1. The summed E-state index contributed by atoms with van der Waals surface area (Å²) in [6, 6.07) is 4.42. The van der Waals surface area contributed by atoms with Gasteiger partial charge in [0.25, 0.3) is 11.6 Å². The lowest BCUT2D eigenvalue weighted by atomic mass is 9.98. The van der Waals surface area contributed by atoms with Crippen LogP contribution in [0.15, 0.2) is 12.1 Å². The lowest BCUT2D eigenvalue weighted by Crippen LogP contribution is -2.38. The highest BCUT2D eigenvalue weighted by atomic mass is 35.5. The van der Waals surface area contributed by atoms with Crippen LogP contribution in [0, 0.1) is 27.4 Å². The summed E-state index contributed by atoms with van der Waals surface area (Å²) in [5, 5.41) is 19.7. The first-order valence-electron chi connectivity index (χ1n) is 6.26. The normalized spacial score (nSPS) is 15.6. The summed E-state index contributed by atoms with van der Waals surface area (Å²) in [6.45, 7) is 0.849. The average molecular weight is 328 g/mol. The summed E-state index contributed by atoms with van der Waals surface area (Å²) in [5.74, 6) is -0.458. The minimum Gasteiger partial charge on any atom is -0.339 e. The number of non-ortho nitro benzene ring substituents is 1. The molecule has 0 bridgehead atoms. The molecular weight excluding hydrogens is 317 g/mol. The Morgan fingerprint density at radius 2 is 2.00 bits per heavy atom. The van der Waals surface area contributed by atoms with Crippen LogP contribution in [0.3, 0.4) is 0 Å². The van der Waals surface area contributed by atoms with Crippen LogP contribution in [0.5, 0.6) is 0 Å². The molecule has 1 heterocycles. The SMILES string of the molecule is N#CC1CCN(C(=O)c2cc([N+](=O)[O-])cc(Cl)c2Cl)CC1. The molecule has 1 amide bonds. The number of nitro groups is 1. The van der Waals surface area contributed by atoms with E-state index in [9.17, 15) is 14.9 Å². The number of rotatable bonds is 2. The zero-order valence-electron chi connectivity index (χ0n) is 10.9. The first-order valence-corrected chi connectivity index (χ1v) is 7.02. The third-order valence-electron chi connectivity index (χ3n) is 3.42. The molecule has 1 fully saturated rings. The Labute approximate surface area is 131 Å². The van der Waals surface area contributed by atoms with E-state index in [0.717, 1.165) is 12.1 Å². The van der Waals surface area contributed by atoms with Gasteiger partial charge in [0, 0.05) is 31.1 Å². The number of halogens is 2. The van der Waals surface area contributed by atoms with Gasteiger partial charge in [0.15, 0.2) is 0 Å². The molecule has 0 saturated carbocycles. The van der Waals surface area contributed by atoms with Gasteiger partial charge in [-0.2, -0.15) is 5.26 Å². The second kappa shape index (κ2) is 6.29. The first kappa shape index (κ1) is 15.5.